The maximum absolute atomic E-state index is 13.2. The fourth-order valence-corrected chi connectivity index (χ4v) is 1.81. The van der Waals surface area contributed by atoms with E-state index in [0.717, 1.165) is 0 Å². The van der Waals surface area contributed by atoms with Crippen molar-refractivity contribution >= 4 is 5.91 Å². The predicted octanol–water partition coefficient (Wildman–Crippen LogP) is 3.04. The molecule has 0 spiro atoms. The Morgan fingerprint density at radius 1 is 1.32 bits per heavy atom. The van der Waals surface area contributed by atoms with Gasteiger partial charge in [-0.15, -0.1) is 0 Å². The van der Waals surface area contributed by atoms with Crippen LogP contribution in [0.15, 0.2) is 42.6 Å². The number of pyridine rings is 1. The van der Waals surface area contributed by atoms with Crippen molar-refractivity contribution in [3.8, 4) is 11.3 Å². The van der Waals surface area contributed by atoms with Crippen LogP contribution in [-0.2, 0) is 4.74 Å². The Bertz CT molecular complexity index is 654. The van der Waals surface area contributed by atoms with Crippen molar-refractivity contribution in [1.29, 1.82) is 0 Å². The van der Waals surface area contributed by atoms with Crippen LogP contribution in [0, 0.1) is 5.82 Å². The van der Waals surface area contributed by atoms with E-state index in [2.05, 4.69) is 10.3 Å². The second-order valence-electron chi connectivity index (χ2n) is 5.59. The highest BCUT2D eigenvalue weighted by Gasteiger charge is 2.18. The number of rotatable bonds is 5. The summed E-state index contributed by atoms with van der Waals surface area (Å²) in [5, 5.41) is 2.79. The van der Waals surface area contributed by atoms with Gasteiger partial charge in [-0.3, -0.25) is 9.78 Å². The zero-order valence-electron chi connectivity index (χ0n) is 12.9. The number of amides is 1. The van der Waals surface area contributed by atoms with Gasteiger partial charge in [0, 0.05) is 25.4 Å². The first-order valence-electron chi connectivity index (χ1n) is 6.97. The first-order valence-corrected chi connectivity index (χ1v) is 6.97. The Morgan fingerprint density at radius 2 is 2.09 bits per heavy atom. The second kappa shape index (κ2) is 6.66. The van der Waals surface area contributed by atoms with E-state index in [9.17, 15) is 9.18 Å². The molecule has 0 bridgehead atoms. The smallest absolute Gasteiger partial charge is 0.252 e. The van der Waals surface area contributed by atoms with Gasteiger partial charge in [0.2, 0.25) is 0 Å². The minimum Gasteiger partial charge on any atom is -0.377 e. The Balaban J connectivity index is 2.07. The van der Waals surface area contributed by atoms with Gasteiger partial charge >= 0.3 is 0 Å². The molecule has 0 aliphatic heterocycles. The molecule has 0 aliphatic rings. The van der Waals surface area contributed by atoms with Gasteiger partial charge in [0.15, 0.2) is 0 Å². The minimum absolute atomic E-state index is 0.219. The summed E-state index contributed by atoms with van der Waals surface area (Å²) in [4.78, 5) is 16.3. The molecule has 0 fully saturated rings. The molecule has 1 aromatic heterocycles. The first-order chi connectivity index (χ1) is 10.4. The molecule has 22 heavy (non-hydrogen) atoms. The van der Waals surface area contributed by atoms with E-state index in [0.29, 0.717) is 23.4 Å². The summed E-state index contributed by atoms with van der Waals surface area (Å²) in [5.41, 5.74) is 1.32. The Labute approximate surface area is 129 Å². The normalized spacial score (nSPS) is 11.3. The van der Waals surface area contributed by atoms with Crippen molar-refractivity contribution in [2.75, 3.05) is 13.7 Å². The fourth-order valence-electron chi connectivity index (χ4n) is 1.81. The van der Waals surface area contributed by atoms with Gasteiger partial charge in [0.25, 0.3) is 5.91 Å². The number of benzene rings is 1. The lowest BCUT2D eigenvalue weighted by Crippen LogP contribution is -2.39. The summed E-state index contributed by atoms with van der Waals surface area (Å²) in [5.74, 6) is -0.536. The van der Waals surface area contributed by atoms with E-state index in [4.69, 9.17) is 4.74 Å². The predicted molar refractivity (Wildman–Crippen MR) is 83.1 cm³/mol. The van der Waals surface area contributed by atoms with Crippen molar-refractivity contribution < 1.29 is 13.9 Å². The SMILES string of the molecule is COC(C)(C)CNC(=O)c1ccc(-c2cccc(F)c2)nc1. The number of methoxy groups -OCH3 is 1. The molecule has 0 aliphatic carbocycles. The lowest BCUT2D eigenvalue weighted by Gasteiger charge is -2.23. The third kappa shape index (κ3) is 4.11. The molecule has 1 N–H and O–H groups in total. The quantitative estimate of drug-likeness (QED) is 0.923. The van der Waals surface area contributed by atoms with Gasteiger partial charge in [-0.1, -0.05) is 12.1 Å². The van der Waals surface area contributed by atoms with E-state index in [1.165, 1.54) is 18.3 Å². The molecule has 0 saturated heterocycles. The van der Waals surface area contributed by atoms with E-state index < -0.39 is 5.60 Å². The molecule has 5 heteroatoms. The lowest BCUT2D eigenvalue weighted by atomic mass is 10.1. The molecule has 1 aromatic carbocycles. The second-order valence-corrected chi connectivity index (χ2v) is 5.59. The molecule has 0 atom stereocenters. The summed E-state index contributed by atoms with van der Waals surface area (Å²) in [7, 11) is 1.60. The van der Waals surface area contributed by atoms with Gasteiger partial charge in [0.1, 0.15) is 5.82 Å². The monoisotopic (exact) mass is 302 g/mol. The highest BCUT2D eigenvalue weighted by Crippen LogP contribution is 2.18. The molecule has 0 unspecified atom stereocenters. The van der Waals surface area contributed by atoms with E-state index in [-0.39, 0.29) is 11.7 Å². The number of nitrogens with zero attached hydrogens (tertiary/aromatic N) is 1. The third-order valence-corrected chi connectivity index (χ3v) is 3.37. The van der Waals surface area contributed by atoms with Crippen molar-refractivity contribution in [2.45, 2.75) is 19.4 Å². The topological polar surface area (TPSA) is 51.2 Å². The van der Waals surface area contributed by atoms with Gasteiger partial charge in [-0.25, -0.2) is 4.39 Å². The fraction of sp³-hybridized carbons (Fsp3) is 0.294. The lowest BCUT2D eigenvalue weighted by molar-refractivity contribution is 0.0228. The van der Waals surface area contributed by atoms with Crippen LogP contribution >= 0.6 is 0 Å². The molecule has 2 aromatic rings. The molecule has 0 radical (unpaired) electrons. The number of aromatic nitrogens is 1. The van der Waals surface area contributed by atoms with Crippen LogP contribution < -0.4 is 5.32 Å². The summed E-state index contributed by atoms with van der Waals surface area (Å²) in [6.07, 6.45) is 1.48. The number of hydrogen-bond donors (Lipinski definition) is 1. The molecule has 0 saturated carbocycles. The summed E-state index contributed by atoms with van der Waals surface area (Å²) >= 11 is 0. The highest BCUT2D eigenvalue weighted by atomic mass is 19.1. The number of carbonyl (C=O) groups is 1. The summed E-state index contributed by atoms with van der Waals surface area (Å²) in [6.45, 7) is 4.17. The van der Waals surface area contributed by atoms with Crippen LogP contribution in [0.4, 0.5) is 4.39 Å². The van der Waals surface area contributed by atoms with Crippen LogP contribution in [0.1, 0.15) is 24.2 Å². The van der Waals surface area contributed by atoms with Gasteiger partial charge < -0.3 is 10.1 Å². The number of nitrogens with one attached hydrogen (secondary N) is 1. The minimum atomic E-state index is -0.426. The number of ether oxygens (including phenoxy) is 1. The van der Waals surface area contributed by atoms with Crippen molar-refractivity contribution in [3.05, 3.63) is 54.0 Å². The average Bonchev–Trinajstić information content (AvgIpc) is 2.53. The number of hydrogen-bond acceptors (Lipinski definition) is 3. The highest BCUT2D eigenvalue weighted by molar-refractivity contribution is 5.94. The van der Waals surface area contributed by atoms with Crippen molar-refractivity contribution in [3.63, 3.8) is 0 Å². The maximum Gasteiger partial charge on any atom is 0.252 e. The average molecular weight is 302 g/mol. The largest absolute Gasteiger partial charge is 0.377 e. The van der Waals surface area contributed by atoms with E-state index >= 15 is 0 Å². The van der Waals surface area contributed by atoms with E-state index in [1.807, 2.05) is 13.8 Å². The standard InChI is InChI=1S/C17H19FN2O2/c1-17(2,22-3)11-20-16(21)13-7-8-15(19-10-13)12-5-4-6-14(18)9-12/h4-10H,11H2,1-3H3,(H,20,21). The van der Waals surface area contributed by atoms with E-state index in [1.54, 1.807) is 31.4 Å². The van der Waals surface area contributed by atoms with Gasteiger partial charge in [-0.05, 0) is 38.1 Å². The maximum atomic E-state index is 13.2. The summed E-state index contributed by atoms with van der Waals surface area (Å²) < 4.78 is 18.4. The molecule has 1 heterocycles. The third-order valence-electron chi connectivity index (χ3n) is 3.37. The molecule has 4 nitrogen and oxygen atoms in total. The Morgan fingerprint density at radius 3 is 2.68 bits per heavy atom. The Hall–Kier alpha value is -2.27. The molecule has 2 rings (SSSR count). The summed E-state index contributed by atoms with van der Waals surface area (Å²) in [6, 6.07) is 9.55. The number of carbonyl (C=O) groups excluding carboxylic acids is 1. The molecular formula is C17H19FN2O2. The van der Waals surface area contributed by atoms with Crippen LogP contribution in [-0.4, -0.2) is 30.1 Å². The first kappa shape index (κ1) is 16.1. The van der Waals surface area contributed by atoms with Crippen molar-refractivity contribution in [2.24, 2.45) is 0 Å². The van der Waals surface area contributed by atoms with Crippen LogP contribution in [0.3, 0.4) is 0 Å². The molecule has 1 amide bonds. The zero-order chi connectivity index (χ0) is 16.2. The molecule has 116 valence electrons. The van der Waals surface area contributed by atoms with Gasteiger partial charge in [-0.2, -0.15) is 0 Å². The van der Waals surface area contributed by atoms with Crippen molar-refractivity contribution in [1.82, 2.24) is 10.3 Å². The molecular weight excluding hydrogens is 283 g/mol. The van der Waals surface area contributed by atoms with Crippen LogP contribution in [0.2, 0.25) is 0 Å². The van der Waals surface area contributed by atoms with Crippen LogP contribution in [0.25, 0.3) is 11.3 Å². The Kier molecular flexibility index (Phi) is 4.88. The van der Waals surface area contributed by atoms with Crippen LogP contribution in [0.5, 0.6) is 0 Å². The number of halogens is 1. The zero-order valence-corrected chi connectivity index (χ0v) is 12.9. The van der Waals surface area contributed by atoms with Gasteiger partial charge in [0.05, 0.1) is 16.9 Å².